The van der Waals surface area contributed by atoms with Gasteiger partial charge in [0.05, 0.1) is 5.69 Å². The topological polar surface area (TPSA) is 170 Å². The number of phenolic OH excluding ortho intramolecular Hbond substituents is 1. The normalized spacial score (nSPS) is 12.4. The number of para-hydroxylation sites is 1. The zero-order valence-corrected chi connectivity index (χ0v) is 20.3. The Kier molecular flexibility index (Phi) is 9.90. The Bertz CT molecular complexity index is 1060. The minimum absolute atomic E-state index is 0.0539. The standard InChI is InChI=1S/C22H24BrN3O7S/c23-13-6-4-12(5-7-13)14-2-1-3-17(20(14)30)26(10-19(28)29)21(31)16(11-34)25-18(27)9-8-15(24)22(32)33/h1-7,15-16,30,34H,8-11,24H2,(H,25,27)(H,28,29)(H,32,33)/t15?,16-/m1/s1. The summed E-state index contributed by atoms with van der Waals surface area (Å²) in [6.07, 6.45) is -0.405. The number of hydrogen-bond acceptors (Lipinski definition) is 7. The van der Waals surface area contributed by atoms with Crippen LogP contribution in [0.15, 0.2) is 46.9 Å². The minimum Gasteiger partial charge on any atom is -0.505 e. The first kappa shape index (κ1) is 27.2. The average Bonchev–Trinajstić information content (AvgIpc) is 2.79. The van der Waals surface area contributed by atoms with Crippen molar-refractivity contribution in [3.05, 3.63) is 46.9 Å². The van der Waals surface area contributed by atoms with Gasteiger partial charge in [0, 0.05) is 22.2 Å². The zero-order chi connectivity index (χ0) is 25.4. The molecule has 2 aromatic rings. The SMILES string of the molecule is NC(CCC(=O)N[C@H](CS)C(=O)N(CC(=O)O)c1cccc(-c2ccc(Br)cc2)c1O)C(=O)O. The molecule has 2 aromatic carbocycles. The number of phenols is 1. The van der Waals surface area contributed by atoms with Gasteiger partial charge in [0.2, 0.25) is 5.91 Å². The fourth-order valence-electron chi connectivity index (χ4n) is 3.08. The van der Waals surface area contributed by atoms with E-state index in [0.717, 1.165) is 9.37 Å². The van der Waals surface area contributed by atoms with Crippen molar-refractivity contribution in [3.8, 4) is 16.9 Å². The Morgan fingerprint density at radius 3 is 2.29 bits per heavy atom. The van der Waals surface area contributed by atoms with Gasteiger partial charge in [-0.15, -0.1) is 0 Å². The van der Waals surface area contributed by atoms with Crippen LogP contribution >= 0.6 is 28.6 Å². The lowest BCUT2D eigenvalue weighted by Crippen LogP contribution is -2.51. The van der Waals surface area contributed by atoms with Crippen molar-refractivity contribution in [2.45, 2.75) is 24.9 Å². The second-order valence-electron chi connectivity index (χ2n) is 7.28. The summed E-state index contributed by atoms with van der Waals surface area (Å²) in [6.45, 7) is -0.778. The van der Waals surface area contributed by atoms with E-state index in [1.807, 2.05) is 0 Å². The molecule has 0 radical (unpaired) electrons. The van der Waals surface area contributed by atoms with Gasteiger partial charge in [-0.3, -0.25) is 24.1 Å². The predicted molar refractivity (Wildman–Crippen MR) is 132 cm³/mol. The van der Waals surface area contributed by atoms with Gasteiger partial charge in [-0.25, -0.2) is 0 Å². The van der Waals surface area contributed by atoms with Crippen molar-refractivity contribution in [2.24, 2.45) is 5.73 Å². The van der Waals surface area contributed by atoms with E-state index in [2.05, 4.69) is 33.9 Å². The van der Waals surface area contributed by atoms with Gasteiger partial charge < -0.3 is 26.4 Å². The van der Waals surface area contributed by atoms with Crippen LogP contribution in [-0.2, 0) is 19.2 Å². The first-order valence-corrected chi connectivity index (χ1v) is 11.5. The summed E-state index contributed by atoms with van der Waals surface area (Å²) in [6, 6.07) is 9.13. The summed E-state index contributed by atoms with van der Waals surface area (Å²) in [5.41, 5.74) is 6.35. The van der Waals surface area contributed by atoms with Gasteiger partial charge in [0.25, 0.3) is 5.91 Å². The molecule has 2 rings (SSSR count). The number of carbonyl (C=O) groups is 4. The molecule has 10 nitrogen and oxygen atoms in total. The van der Waals surface area contributed by atoms with E-state index in [-0.39, 0.29) is 30.0 Å². The fourth-order valence-corrected chi connectivity index (χ4v) is 3.59. The molecule has 2 amide bonds. The van der Waals surface area contributed by atoms with Crippen LogP contribution < -0.4 is 16.0 Å². The Labute approximate surface area is 209 Å². The molecule has 182 valence electrons. The van der Waals surface area contributed by atoms with Gasteiger partial charge in [-0.05, 0) is 30.2 Å². The number of benzene rings is 2. The lowest BCUT2D eigenvalue weighted by atomic mass is 10.0. The third kappa shape index (κ3) is 7.20. The number of nitrogens with zero attached hydrogens (tertiary/aromatic N) is 1. The number of thiol groups is 1. The number of nitrogens with two attached hydrogens (primary N) is 1. The monoisotopic (exact) mass is 553 g/mol. The number of carboxylic acid groups (broad SMARTS) is 2. The molecule has 0 heterocycles. The largest absolute Gasteiger partial charge is 0.505 e. The van der Waals surface area contributed by atoms with Crippen LogP contribution in [0.4, 0.5) is 5.69 Å². The molecule has 0 spiro atoms. The van der Waals surface area contributed by atoms with E-state index in [1.54, 1.807) is 36.4 Å². The van der Waals surface area contributed by atoms with E-state index in [1.165, 1.54) is 6.07 Å². The molecule has 0 aliphatic carbocycles. The molecule has 0 aromatic heterocycles. The summed E-state index contributed by atoms with van der Waals surface area (Å²) in [5, 5.41) is 31.5. The first-order chi connectivity index (χ1) is 16.0. The highest BCUT2D eigenvalue weighted by molar-refractivity contribution is 9.10. The van der Waals surface area contributed by atoms with E-state index in [0.29, 0.717) is 11.1 Å². The molecular weight excluding hydrogens is 530 g/mol. The zero-order valence-electron chi connectivity index (χ0n) is 17.8. The van der Waals surface area contributed by atoms with Gasteiger partial charge in [-0.2, -0.15) is 12.6 Å². The second-order valence-corrected chi connectivity index (χ2v) is 8.57. The molecule has 2 atom stereocenters. The number of aliphatic carboxylic acids is 2. The average molecular weight is 554 g/mol. The van der Waals surface area contributed by atoms with Crippen molar-refractivity contribution < 1.29 is 34.5 Å². The maximum absolute atomic E-state index is 13.2. The summed E-state index contributed by atoms with van der Waals surface area (Å²) < 4.78 is 0.825. The van der Waals surface area contributed by atoms with Gasteiger partial charge in [0.15, 0.2) is 0 Å². The number of carboxylic acids is 2. The second kappa shape index (κ2) is 12.4. The minimum atomic E-state index is -1.33. The van der Waals surface area contributed by atoms with Crippen molar-refractivity contribution in [1.82, 2.24) is 5.32 Å². The summed E-state index contributed by atoms with van der Waals surface area (Å²) in [5.74, 6) is -4.53. The molecule has 0 saturated heterocycles. The number of nitrogens with one attached hydrogen (secondary N) is 1. The fraction of sp³-hybridized carbons (Fsp3) is 0.273. The molecule has 0 aliphatic rings. The number of carbonyl (C=O) groups excluding carboxylic acids is 2. The molecule has 34 heavy (non-hydrogen) atoms. The lowest BCUT2D eigenvalue weighted by molar-refractivity contribution is -0.139. The van der Waals surface area contributed by atoms with E-state index in [9.17, 15) is 29.4 Å². The van der Waals surface area contributed by atoms with E-state index in [4.69, 9.17) is 10.8 Å². The quantitative estimate of drug-likeness (QED) is 0.229. The van der Waals surface area contributed by atoms with Crippen molar-refractivity contribution in [1.29, 1.82) is 0 Å². The molecule has 0 fully saturated rings. The number of anilines is 1. The highest BCUT2D eigenvalue weighted by Crippen LogP contribution is 2.38. The first-order valence-electron chi connectivity index (χ1n) is 10.0. The van der Waals surface area contributed by atoms with Crippen LogP contribution in [0, 0.1) is 0 Å². The number of rotatable bonds is 11. The molecule has 0 saturated carbocycles. The molecular formula is C22H24BrN3O7S. The Hall–Kier alpha value is -3.09. The molecule has 12 heteroatoms. The van der Waals surface area contributed by atoms with Crippen LogP contribution in [0.5, 0.6) is 5.75 Å². The number of halogens is 1. The summed E-state index contributed by atoms with van der Waals surface area (Å²) >= 11 is 7.42. The third-order valence-corrected chi connectivity index (χ3v) is 5.73. The van der Waals surface area contributed by atoms with Crippen LogP contribution in [0.1, 0.15) is 12.8 Å². The van der Waals surface area contributed by atoms with Crippen molar-refractivity contribution >= 4 is 58.0 Å². The van der Waals surface area contributed by atoms with Gasteiger partial charge in [0.1, 0.15) is 24.4 Å². The van der Waals surface area contributed by atoms with Crippen LogP contribution in [-0.4, -0.2) is 63.5 Å². The van der Waals surface area contributed by atoms with Crippen LogP contribution in [0.2, 0.25) is 0 Å². The Morgan fingerprint density at radius 2 is 1.74 bits per heavy atom. The van der Waals surface area contributed by atoms with Crippen molar-refractivity contribution in [2.75, 3.05) is 17.2 Å². The van der Waals surface area contributed by atoms with E-state index < -0.39 is 42.4 Å². The van der Waals surface area contributed by atoms with Crippen LogP contribution in [0.3, 0.4) is 0 Å². The molecule has 0 aliphatic heterocycles. The Balaban J connectivity index is 2.32. The van der Waals surface area contributed by atoms with Gasteiger partial charge in [-0.1, -0.05) is 40.2 Å². The van der Waals surface area contributed by atoms with E-state index >= 15 is 0 Å². The maximum atomic E-state index is 13.2. The lowest BCUT2D eigenvalue weighted by Gasteiger charge is -2.27. The smallest absolute Gasteiger partial charge is 0.323 e. The Morgan fingerprint density at radius 1 is 1.09 bits per heavy atom. The number of hydrogen-bond donors (Lipinski definition) is 6. The maximum Gasteiger partial charge on any atom is 0.323 e. The number of amides is 2. The summed E-state index contributed by atoms with van der Waals surface area (Å²) in [7, 11) is 0. The summed E-state index contributed by atoms with van der Waals surface area (Å²) in [4.78, 5) is 48.6. The molecule has 6 N–H and O–H groups in total. The highest BCUT2D eigenvalue weighted by Gasteiger charge is 2.30. The molecule has 0 bridgehead atoms. The molecule has 1 unspecified atom stereocenters. The predicted octanol–water partition coefficient (Wildman–Crippen LogP) is 1.85. The van der Waals surface area contributed by atoms with Crippen LogP contribution in [0.25, 0.3) is 11.1 Å². The number of aromatic hydroxyl groups is 1. The third-order valence-electron chi connectivity index (χ3n) is 4.84. The van der Waals surface area contributed by atoms with Crippen molar-refractivity contribution in [3.63, 3.8) is 0 Å². The van der Waals surface area contributed by atoms with Gasteiger partial charge >= 0.3 is 11.9 Å². The highest BCUT2D eigenvalue weighted by atomic mass is 79.9.